The topological polar surface area (TPSA) is 69.4 Å². The molecular formula is C14H11NO4. The summed E-state index contributed by atoms with van der Waals surface area (Å²) in [5, 5.41) is 10.9. The van der Waals surface area contributed by atoms with Crippen LogP contribution in [0.1, 0.15) is 15.9 Å². The highest BCUT2D eigenvalue weighted by Crippen LogP contribution is 2.34. The summed E-state index contributed by atoms with van der Waals surface area (Å²) < 4.78 is 5.54. The molecule has 0 saturated heterocycles. The van der Waals surface area contributed by atoms with E-state index in [9.17, 15) is 14.9 Å². The van der Waals surface area contributed by atoms with Crippen molar-refractivity contribution in [1.82, 2.24) is 0 Å². The normalized spacial score (nSPS) is 9.95. The van der Waals surface area contributed by atoms with E-state index in [1.54, 1.807) is 43.3 Å². The van der Waals surface area contributed by atoms with Gasteiger partial charge in [0, 0.05) is 11.6 Å². The SMILES string of the molecule is Cc1cccc([N+](=O)[O-])c1Oc1ccc(C=O)cc1. The van der Waals surface area contributed by atoms with Gasteiger partial charge >= 0.3 is 5.69 Å². The molecule has 2 rings (SSSR count). The van der Waals surface area contributed by atoms with Gasteiger partial charge in [0.1, 0.15) is 12.0 Å². The monoisotopic (exact) mass is 257 g/mol. The summed E-state index contributed by atoms with van der Waals surface area (Å²) in [6, 6.07) is 11.1. The quantitative estimate of drug-likeness (QED) is 0.477. The van der Waals surface area contributed by atoms with E-state index in [0.717, 1.165) is 6.29 Å². The maximum atomic E-state index is 10.9. The number of rotatable bonds is 4. The number of ether oxygens (including phenoxy) is 1. The summed E-state index contributed by atoms with van der Waals surface area (Å²) in [5.41, 5.74) is 1.11. The molecule has 0 amide bonds. The van der Waals surface area contributed by atoms with Crippen molar-refractivity contribution in [3.8, 4) is 11.5 Å². The molecule has 0 aromatic heterocycles. The molecule has 0 atom stereocenters. The second-order valence-corrected chi connectivity index (χ2v) is 3.97. The molecule has 0 N–H and O–H groups in total. The van der Waals surface area contributed by atoms with E-state index in [1.807, 2.05) is 0 Å². The zero-order chi connectivity index (χ0) is 13.8. The molecule has 2 aromatic rings. The van der Waals surface area contributed by atoms with Crippen LogP contribution in [0.4, 0.5) is 5.69 Å². The average Bonchev–Trinajstić information content (AvgIpc) is 2.41. The Hall–Kier alpha value is -2.69. The number of hydrogen-bond acceptors (Lipinski definition) is 4. The Morgan fingerprint density at radius 3 is 2.42 bits per heavy atom. The first kappa shape index (κ1) is 12.8. The van der Waals surface area contributed by atoms with E-state index in [2.05, 4.69) is 0 Å². The zero-order valence-electron chi connectivity index (χ0n) is 10.2. The third-order valence-electron chi connectivity index (χ3n) is 2.62. The second kappa shape index (κ2) is 5.30. The van der Waals surface area contributed by atoms with Crippen LogP contribution >= 0.6 is 0 Å². The highest BCUT2D eigenvalue weighted by atomic mass is 16.6. The maximum absolute atomic E-state index is 10.9. The van der Waals surface area contributed by atoms with E-state index in [4.69, 9.17) is 4.74 Å². The molecule has 19 heavy (non-hydrogen) atoms. The summed E-state index contributed by atoms with van der Waals surface area (Å²) in [6.07, 6.45) is 0.722. The summed E-state index contributed by atoms with van der Waals surface area (Å²) in [7, 11) is 0. The minimum absolute atomic E-state index is 0.0838. The van der Waals surface area contributed by atoms with Gasteiger partial charge in [-0.15, -0.1) is 0 Å². The lowest BCUT2D eigenvalue weighted by Crippen LogP contribution is -1.95. The number of carbonyl (C=O) groups is 1. The molecule has 5 nitrogen and oxygen atoms in total. The van der Waals surface area contributed by atoms with Gasteiger partial charge < -0.3 is 4.74 Å². The van der Waals surface area contributed by atoms with Crippen LogP contribution in [0.2, 0.25) is 0 Å². The van der Waals surface area contributed by atoms with Gasteiger partial charge in [-0.25, -0.2) is 0 Å². The van der Waals surface area contributed by atoms with E-state index in [0.29, 0.717) is 16.9 Å². The molecule has 0 radical (unpaired) electrons. The molecule has 0 saturated carbocycles. The number of nitrogens with zero attached hydrogens (tertiary/aromatic N) is 1. The number of aryl methyl sites for hydroxylation is 1. The number of carbonyl (C=O) groups excluding carboxylic acids is 1. The highest BCUT2D eigenvalue weighted by molar-refractivity contribution is 5.74. The van der Waals surface area contributed by atoms with Crippen molar-refractivity contribution in [2.75, 3.05) is 0 Å². The molecule has 0 aliphatic heterocycles. The van der Waals surface area contributed by atoms with Crippen LogP contribution in [-0.2, 0) is 0 Å². The Kier molecular flexibility index (Phi) is 3.56. The van der Waals surface area contributed by atoms with Gasteiger partial charge in [0.15, 0.2) is 0 Å². The van der Waals surface area contributed by atoms with Crippen molar-refractivity contribution in [3.05, 3.63) is 63.7 Å². The van der Waals surface area contributed by atoms with Crippen molar-refractivity contribution in [2.45, 2.75) is 6.92 Å². The summed E-state index contributed by atoms with van der Waals surface area (Å²) in [5.74, 6) is 0.661. The van der Waals surface area contributed by atoms with Crippen LogP contribution in [0.3, 0.4) is 0 Å². The lowest BCUT2D eigenvalue weighted by atomic mass is 10.2. The Balaban J connectivity index is 2.36. The molecule has 0 fully saturated rings. The number of nitro groups is 1. The van der Waals surface area contributed by atoms with Crippen molar-refractivity contribution < 1.29 is 14.5 Å². The highest BCUT2D eigenvalue weighted by Gasteiger charge is 2.17. The van der Waals surface area contributed by atoms with Gasteiger partial charge in [-0.2, -0.15) is 0 Å². The standard InChI is InChI=1S/C14H11NO4/c1-10-3-2-4-13(15(17)18)14(10)19-12-7-5-11(9-16)6-8-12/h2-9H,1H3. The first-order chi connectivity index (χ1) is 9.11. The number of benzene rings is 2. The van der Waals surface area contributed by atoms with Crippen molar-refractivity contribution in [1.29, 1.82) is 0 Å². The fourth-order valence-corrected chi connectivity index (χ4v) is 1.65. The predicted molar refractivity (Wildman–Crippen MR) is 69.7 cm³/mol. The summed E-state index contributed by atoms with van der Waals surface area (Å²) in [4.78, 5) is 21.0. The van der Waals surface area contributed by atoms with Crippen LogP contribution in [0.25, 0.3) is 0 Å². The molecule has 0 unspecified atom stereocenters. The number of aldehydes is 1. The Bertz CT molecular complexity index is 620. The number of para-hydroxylation sites is 1. The minimum atomic E-state index is -0.484. The third-order valence-corrected chi connectivity index (χ3v) is 2.62. The van der Waals surface area contributed by atoms with Crippen LogP contribution in [0.5, 0.6) is 11.5 Å². The molecular weight excluding hydrogens is 246 g/mol. The van der Waals surface area contributed by atoms with Crippen LogP contribution in [-0.4, -0.2) is 11.2 Å². The van der Waals surface area contributed by atoms with Crippen LogP contribution in [0.15, 0.2) is 42.5 Å². The van der Waals surface area contributed by atoms with Crippen LogP contribution in [0, 0.1) is 17.0 Å². The minimum Gasteiger partial charge on any atom is -0.450 e. The van der Waals surface area contributed by atoms with E-state index < -0.39 is 4.92 Å². The van der Waals surface area contributed by atoms with Crippen molar-refractivity contribution >= 4 is 12.0 Å². The maximum Gasteiger partial charge on any atom is 0.311 e. The molecule has 0 spiro atoms. The van der Waals surface area contributed by atoms with Crippen molar-refractivity contribution in [3.63, 3.8) is 0 Å². The molecule has 5 heteroatoms. The van der Waals surface area contributed by atoms with Gasteiger partial charge in [0.2, 0.25) is 5.75 Å². The van der Waals surface area contributed by atoms with E-state index in [1.165, 1.54) is 6.07 Å². The van der Waals surface area contributed by atoms with Gasteiger partial charge in [0.25, 0.3) is 0 Å². The fourth-order valence-electron chi connectivity index (χ4n) is 1.65. The Labute approximate surface area is 109 Å². The smallest absolute Gasteiger partial charge is 0.311 e. The molecule has 2 aromatic carbocycles. The second-order valence-electron chi connectivity index (χ2n) is 3.97. The van der Waals surface area contributed by atoms with Gasteiger partial charge in [0.05, 0.1) is 4.92 Å². The summed E-state index contributed by atoms with van der Waals surface area (Å²) in [6.45, 7) is 1.74. The van der Waals surface area contributed by atoms with Crippen molar-refractivity contribution in [2.24, 2.45) is 0 Å². The molecule has 0 bridgehead atoms. The predicted octanol–water partition coefficient (Wildman–Crippen LogP) is 3.51. The van der Waals surface area contributed by atoms with Gasteiger partial charge in [-0.1, -0.05) is 12.1 Å². The van der Waals surface area contributed by atoms with E-state index >= 15 is 0 Å². The zero-order valence-corrected chi connectivity index (χ0v) is 10.2. The molecule has 0 heterocycles. The lowest BCUT2D eigenvalue weighted by molar-refractivity contribution is -0.385. The Morgan fingerprint density at radius 2 is 1.84 bits per heavy atom. The first-order valence-corrected chi connectivity index (χ1v) is 5.59. The lowest BCUT2D eigenvalue weighted by Gasteiger charge is -2.08. The van der Waals surface area contributed by atoms with E-state index in [-0.39, 0.29) is 11.4 Å². The first-order valence-electron chi connectivity index (χ1n) is 5.59. The Morgan fingerprint density at radius 1 is 1.16 bits per heavy atom. The molecule has 96 valence electrons. The largest absolute Gasteiger partial charge is 0.450 e. The van der Waals surface area contributed by atoms with Gasteiger partial charge in [-0.05, 0) is 36.8 Å². The van der Waals surface area contributed by atoms with Crippen LogP contribution < -0.4 is 4.74 Å². The number of nitro benzene ring substituents is 1. The average molecular weight is 257 g/mol. The third kappa shape index (κ3) is 2.77. The summed E-state index contributed by atoms with van der Waals surface area (Å²) >= 11 is 0. The fraction of sp³-hybridized carbons (Fsp3) is 0.0714. The molecule has 0 aliphatic carbocycles. The van der Waals surface area contributed by atoms with Gasteiger partial charge in [-0.3, -0.25) is 14.9 Å². The molecule has 0 aliphatic rings. The number of hydrogen-bond donors (Lipinski definition) is 0.